The van der Waals surface area contributed by atoms with E-state index in [1.54, 1.807) is 0 Å². The van der Waals surface area contributed by atoms with Crippen LogP contribution in [0.4, 0.5) is 0 Å². The third kappa shape index (κ3) is 2.47. The van der Waals surface area contributed by atoms with Gasteiger partial charge in [0.05, 0.1) is 10.8 Å². The van der Waals surface area contributed by atoms with Crippen LogP contribution in [0, 0.1) is 39.9 Å². The van der Waals surface area contributed by atoms with Gasteiger partial charge in [0.25, 0.3) is 0 Å². The zero-order chi connectivity index (χ0) is 19.4. The molecule has 0 radical (unpaired) electrons. The molecule has 0 aromatic heterocycles. The molecule has 1 amide bonds. The van der Waals surface area contributed by atoms with Gasteiger partial charge in [-0.15, -0.1) is 0 Å². The number of carboxylic acid groups (broad SMARTS) is 1. The highest BCUT2D eigenvalue weighted by atomic mass is 16.4. The maximum Gasteiger partial charge on any atom is 0.311 e. The van der Waals surface area contributed by atoms with Crippen molar-refractivity contribution in [1.82, 2.24) is 0 Å². The average Bonchev–Trinajstić information content (AvgIpc) is 2.94. The van der Waals surface area contributed by atoms with E-state index in [1.165, 1.54) is 0 Å². The number of carboxylic acids is 1. The van der Waals surface area contributed by atoms with Gasteiger partial charge in [0, 0.05) is 5.92 Å². The number of amides is 1. The fourth-order valence-electron chi connectivity index (χ4n) is 6.27. The SMILES string of the molecule is CC(C)=C[C@H]1C(C)(C)[C@]1(C(=O)O)[C@]1(C(N)=O)C[C@H](C)CC[C@H]1C(C)C. The van der Waals surface area contributed by atoms with Gasteiger partial charge in [-0.2, -0.15) is 0 Å². The van der Waals surface area contributed by atoms with Crippen molar-refractivity contribution in [1.29, 1.82) is 0 Å². The first kappa shape index (κ1) is 20.0. The van der Waals surface area contributed by atoms with Crippen LogP contribution in [0.3, 0.4) is 0 Å². The Morgan fingerprint density at radius 2 is 1.76 bits per heavy atom. The number of hydrogen-bond acceptors (Lipinski definition) is 2. The number of allylic oxidation sites excluding steroid dienone is 2. The largest absolute Gasteiger partial charge is 0.481 e. The van der Waals surface area contributed by atoms with E-state index in [2.05, 4.69) is 26.8 Å². The maximum absolute atomic E-state index is 13.0. The number of aliphatic carboxylic acids is 1. The molecule has 0 aromatic carbocycles. The van der Waals surface area contributed by atoms with Crippen molar-refractivity contribution < 1.29 is 14.7 Å². The molecule has 3 N–H and O–H groups in total. The fraction of sp³-hybridized carbons (Fsp3) is 0.810. The summed E-state index contributed by atoms with van der Waals surface area (Å²) in [7, 11) is 0. The van der Waals surface area contributed by atoms with E-state index in [0.717, 1.165) is 18.4 Å². The Morgan fingerprint density at radius 1 is 1.20 bits per heavy atom. The fourth-order valence-corrected chi connectivity index (χ4v) is 6.27. The number of carbonyl (C=O) groups excluding carboxylic acids is 1. The number of nitrogens with two attached hydrogens (primary N) is 1. The average molecular weight is 350 g/mol. The third-order valence-electron chi connectivity index (χ3n) is 7.24. The molecule has 5 atom stereocenters. The summed E-state index contributed by atoms with van der Waals surface area (Å²) in [6, 6.07) is 0. The van der Waals surface area contributed by atoms with Gasteiger partial charge in [-0.05, 0) is 49.9 Å². The molecule has 0 spiro atoms. The van der Waals surface area contributed by atoms with Crippen LogP contribution in [0.25, 0.3) is 0 Å². The molecule has 0 aliphatic heterocycles. The van der Waals surface area contributed by atoms with Gasteiger partial charge >= 0.3 is 5.97 Å². The molecule has 0 heterocycles. The van der Waals surface area contributed by atoms with Crippen molar-refractivity contribution in [3.05, 3.63) is 11.6 Å². The molecule has 4 nitrogen and oxygen atoms in total. The second-order valence-corrected chi connectivity index (χ2v) is 9.63. The van der Waals surface area contributed by atoms with Crippen molar-refractivity contribution >= 4 is 11.9 Å². The monoisotopic (exact) mass is 349 g/mol. The van der Waals surface area contributed by atoms with E-state index in [0.29, 0.717) is 12.3 Å². The Hall–Kier alpha value is -1.32. The summed E-state index contributed by atoms with van der Waals surface area (Å²) in [6.07, 6.45) is 4.53. The first-order valence-corrected chi connectivity index (χ1v) is 9.55. The molecular weight excluding hydrogens is 314 g/mol. The van der Waals surface area contributed by atoms with Gasteiger partial charge in [-0.3, -0.25) is 9.59 Å². The standard InChI is InChI=1S/C21H35NO3/c1-12(2)10-16-19(6,7)21(16,18(24)25)20(17(22)23)11-14(5)8-9-15(20)13(3)4/h10,13-16H,8-9,11H2,1-7H3,(H2,22,23)(H,24,25)/t14-,15+,16+,20-,21+/m1/s1. The maximum atomic E-state index is 13.0. The van der Waals surface area contributed by atoms with Crippen LogP contribution in [0.2, 0.25) is 0 Å². The first-order valence-electron chi connectivity index (χ1n) is 9.55. The Kier molecular flexibility index (Phi) is 4.91. The molecule has 0 unspecified atom stereocenters. The van der Waals surface area contributed by atoms with E-state index < -0.39 is 28.1 Å². The lowest BCUT2D eigenvalue weighted by Gasteiger charge is -2.51. The molecule has 0 saturated heterocycles. The van der Waals surface area contributed by atoms with Crippen molar-refractivity contribution in [2.45, 2.75) is 67.7 Å². The van der Waals surface area contributed by atoms with Crippen molar-refractivity contribution in [3.8, 4) is 0 Å². The van der Waals surface area contributed by atoms with E-state index in [9.17, 15) is 14.7 Å². The number of primary amides is 1. The van der Waals surface area contributed by atoms with Crippen molar-refractivity contribution in [2.24, 2.45) is 45.7 Å². The summed E-state index contributed by atoms with van der Waals surface area (Å²) < 4.78 is 0. The van der Waals surface area contributed by atoms with Gasteiger partial charge in [-0.25, -0.2) is 0 Å². The summed E-state index contributed by atoms with van der Waals surface area (Å²) in [5.41, 5.74) is 4.53. The van der Waals surface area contributed by atoms with Gasteiger partial charge in [-0.1, -0.05) is 52.7 Å². The molecule has 2 rings (SSSR count). The van der Waals surface area contributed by atoms with Crippen LogP contribution in [0.15, 0.2) is 11.6 Å². The minimum atomic E-state index is -1.12. The molecule has 2 fully saturated rings. The van der Waals surface area contributed by atoms with E-state index in [4.69, 9.17) is 5.73 Å². The molecule has 4 heteroatoms. The van der Waals surface area contributed by atoms with Crippen LogP contribution in [-0.4, -0.2) is 17.0 Å². The predicted molar refractivity (Wildman–Crippen MR) is 99.7 cm³/mol. The molecule has 2 aliphatic rings. The third-order valence-corrected chi connectivity index (χ3v) is 7.24. The molecule has 25 heavy (non-hydrogen) atoms. The lowest BCUT2D eigenvalue weighted by atomic mass is 9.51. The Labute approximate surface area is 152 Å². The number of hydrogen-bond donors (Lipinski definition) is 2. The summed E-state index contributed by atoms with van der Waals surface area (Å²) in [4.78, 5) is 25.7. The van der Waals surface area contributed by atoms with E-state index in [1.807, 2.05) is 27.7 Å². The van der Waals surface area contributed by atoms with E-state index in [-0.39, 0.29) is 17.8 Å². The molecule has 0 bridgehead atoms. The van der Waals surface area contributed by atoms with Crippen LogP contribution < -0.4 is 5.73 Å². The van der Waals surface area contributed by atoms with Crippen LogP contribution >= 0.6 is 0 Å². The van der Waals surface area contributed by atoms with E-state index >= 15 is 0 Å². The zero-order valence-corrected chi connectivity index (χ0v) is 16.8. The minimum absolute atomic E-state index is 0.00661. The quantitative estimate of drug-likeness (QED) is 0.728. The van der Waals surface area contributed by atoms with Crippen LogP contribution in [0.5, 0.6) is 0 Å². The normalized spacial score (nSPS) is 39.8. The Bertz CT molecular complexity index is 602. The van der Waals surface area contributed by atoms with Gasteiger partial charge in [0.15, 0.2) is 0 Å². The van der Waals surface area contributed by atoms with Gasteiger partial charge in [0.1, 0.15) is 0 Å². The second-order valence-electron chi connectivity index (χ2n) is 9.63. The lowest BCUT2D eigenvalue weighted by molar-refractivity contribution is -0.169. The molecule has 142 valence electrons. The van der Waals surface area contributed by atoms with Crippen molar-refractivity contribution in [3.63, 3.8) is 0 Å². The highest BCUT2D eigenvalue weighted by molar-refractivity contribution is 5.94. The summed E-state index contributed by atoms with van der Waals surface area (Å²) in [6.45, 7) is 14.3. The number of carbonyl (C=O) groups is 2. The van der Waals surface area contributed by atoms with Gasteiger partial charge < -0.3 is 10.8 Å². The molecule has 0 aromatic rings. The summed E-state index contributed by atoms with van der Waals surface area (Å²) in [5, 5.41) is 10.4. The predicted octanol–water partition coefficient (Wildman–Crippen LogP) is 4.24. The summed E-state index contributed by atoms with van der Waals surface area (Å²) in [5.74, 6) is -0.910. The lowest BCUT2D eigenvalue weighted by Crippen LogP contribution is -2.58. The Morgan fingerprint density at radius 3 is 2.16 bits per heavy atom. The second kappa shape index (κ2) is 6.14. The summed E-state index contributed by atoms with van der Waals surface area (Å²) >= 11 is 0. The van der Waals surface area contributed by atoms with Crippen molar-refractivity contribution in [2.75, 3.05) is 0 Å². The topological polar surface area (TPSA) is 80.4 Å². The highest BCUT2D eigenvalue weighted by Crippen LogP contribution is 2.80. The Balaban J connectivity index is 2.77. The molecule has 2 aliphatic carbocycles. The molecule has 2 saturated carbocycles. The number of rotatable bonds is 5. The van der Waals surface area contributed by atoms with Crippen LogP contribution in [-0.2, 0) is 9.59 Å². The first-order chi connectivity index (χ1) is 11.4. The smallest absolute Gasteiger partial charge is 0.311 e. The molecular formula is C21H35NO3. The zero-order valence-electron chi connectivity index (χ0n) is 16.8. The van der Waals surface area contributed by atoms with Crippen LogP contribution in [0.1, 0.15) is 67.7 Å². The highest BCUT2D eigenvalue weighted by Gasteiger charge is 2.85. The van der Waals surface area contributed by atoms with Gasteiger partial charge in [0.2, 0.25) is 5.91 Å². The minimum Gasteiger partial charge on any atom is -0.481 e.